The molecule has 270 valence electrons. The molecule has 0 saturated carbocycles. The van der Waals surface area contributed by atoms with Gasteiger partial charge in [0.05, 0.1) is 22.1 Å². The first-order chi connectivity index (χ1) is 28.7. The highest BCUT2D eigenvalue weighted by atomic mass is 15.0. The van der Waals surface area contributed by atoms with Crippen LogP contribution in [0.15, 0.2) is 218 Å². The van der Waals surface area contributed by atoms with Gasteiger partial charge in [0.1, 0.15) is 0 Å². The Morgan fingerprint density at radius 2 is 0.483 bits per heavy atom. The molecule has 10 aromatic carbocycles. The average molecular weight is 737 g/mol. The van der Waals surface area contributed by atoms with Crippen molar-refractivity contribution in [3.05, 3.63) is 218 Å². The molecule has 0 radical (unpaired) electrons. The molecule has 2 heterocycles. The zero-order chi connectivity index (χ0) is 38.2. The molecular weight excluding hydrogens is 701 g/mol. The fourth-order valence-corrected chi connectivity index (χ4v) is 9.21. The van der Waals surface area contributed by atoms with Crippen molar-refractivity contribution in [2.75, 3.05) is 0 Å². The van der Waals surface area contributed by atoms with Crippen molar-refractivity contribution < 1.29 is 0 Å². The van der Waals surface area contributed by atoms with Crippen molar-refractivity contribution in [1.82, 2.24) is 9.13 Å². The van der Waals surface area contributed by atoms with Crippen LogP contribution < -0.4 is 0 Å². The Labute approximate surface area is 336 Å². The van der Waals surface area contributed by atoms with Crippen LogP contribution in [0, 0.1) is 0 Å². The van der Waals surface area contributed by atoms with Gasteiger partial charge in [-0.1, -0.05) is 133 Å². The molecule has 0 bridgehead atoms. The molecule has 0 aliphatic rings. The zero-order valence-electron chi connectivity index (χ0n) is 31.7. The first-order valence-corrected chi connectivity index (χ1v) is 20.0. The third kappa shape index (κ3) is 5.19. The number of nitrogens with zero attached hydrogens (tertiary/aromatic N) is 2. The van der Waals surface area contributed by atoms with Gasteiger partial charge in [-0.15, -0.1) is 0 Å². The van der Waals surface area contributed by atoms with Gasteiger partial charge in [-0.25, -0.2) is 0 Å². The van der Waals surface area contributed by atoms with Gasteiger partial charge in [-0.3, -0.25) is 0 Å². The van der Waals surface area contributed by atoms with Crippen LogP contribution in [0.3, 0.4) is 0 Å². The summed E-state index contributed by atoms with van der Waals surface area (Å²) in [6, 6.07) is 80.2. The van der Waals surface area contributed by atoms with Crippen LogP contribution in [0.5, 0.6) is 0 Å². The molecular formula is C56H36N2. The summed E-state index contributed by atoms with van der Waals surface area (Å²) in [5.74, 6) is 0. The van der Waals surface area contributed by atoms with E-state index >= 15 is 0 Å². The van der Waals surface area contributed by atoms with Gasteiger partial charge in [0.15, 0.2) is 0 Å². The summed E-state index contributed by atoms with van der Waals surface area (Å²) in [5.41, 5.74) is 14.4. The van der Waals surface area contributed by atoms with E-state index in [2.05, 4.69) is 228 Å². The van der Waals surface area contributed by atoms with Gasteiger partial charge < -0.3 is 9.13 Å². The normalized spacial score (nSPS) is 11.8. The van der Waals surface area contributed by atoms with Crippen molar-refractivity contribution in [3.63, 3.8) is 0 Å². The van der Waals surface area contributed by atoms with E-state index in [1.54, 1.807) is 0 Å². The fraction of sp³-hybridized carbons (Fsp3) is 0. The van der Waals surface area contributed by atoms with Crippen molar-refractivity contribution >= 4 is 65.2 Å². The van der Waals surface area contributed by atoms with E-state index < -0.39 is 0 Å². The molecule has 12 aromatic rings. The number of para-hydroxylation sites is 2. The second-order valence-electron chi connectivity index (χ2n) is 15.4. The first-order valence-electron chi connectivity index (χ1n) is 20.0. The molecule has 0 saturated heterocycles. The summed E-state index contributed by atoms with van der Waals surface area (Å²) in [5, 5.41) is 9.98. The second kappa shape index (κ2) is 12.9. The molecule has 0 aliphatic heterocycles. The van der Waals surface area contributed by atoms with Crippen LogP contribution in [0.2, 0.25) is 0 Å². The minimum Gasteiger partial charge on any atom is -0.309 e. The van der Waals surface area contributed by atoms with Crippen molar-refractivity contribution in [2.45, 2.75) is 0 Å². The summed E-state index contributed by atoms with van der Waals surface area (Å²) in [7, 11) is 0. The maximum Gasteiger partial charge on any atom is 0.0541 e. The number of hydrogen-bond donors (Lipinski definition) is 0. The Balaban J connectivity index is 1.06. The maximum atomic E-state index is 2.41. The highest BCUT2D eigenvalue weighted by Crippen LogP contribution is 2.41. The molecule has 0 spiro atoms. The monoisotopic (exact) mass is 736 g/mol. The van der Waals surface area contributed by atoms with E-state index in [0.717, 1.165) is 11.4 Å². The van der Waals surface area contributed by atoms with Gasteiger partial charge in [-0.2, -0.15) is 0 Å². The fourth-order valence-electron chi connectivity index (χ4n) is 9.21. The van der Waals surface area contributed by atoms with E-state index in [1.165, 1.54) is 98.5 Å². The quantitative estimate of drug-likeness (QED) is 0.167. The molecule has 2 heteroatoms. The largest absolute Gasteiger partial charge is 0.309 e. The molecule has 58 heavy (non-hydrogen) atoms. The summed E-state index contributed by atoms with van der Waals surface area (Å²) in [6.45, 7) is 0. The summed E-state index contributed by atoms with van der Waals surface area (Å²) >= 11 is 0. The minimum atomic E-state index is 1.16. The Bertz CT molecular complexity index is 3310. The van der Waals surface area contributed by atoms with Crippen molar-refractivity contribution in [1.29, 1.82) is 0 Å². The molecule has 0 aliphatic carbocycles. The second-order valence-corrected chi connectivity index (χ2v) is 15.4. The molecule has 2 nitrogen and oxygen atoms in total. The average Bonchev–Trinajstić information content (AvgIpc) is 3.80. The van der Waals surface area contributed by atoms with Crippen LogP contribution in [-0.4, -0.2) is 9.13 Å². The van der Waals surface area contributed by atoms with E-state index in [0.29, 0.717) is 0 Å². The van der Waals surface area contributed by atoms with E-state index in [4.69, 9.17) is 0 Å². The summed E-state index contributed by atoms with van der Waals surface area (Å²) in [4.78, 5) is 0. The topological polar surface area (TPSA) is 9.86 Å². The van der Waals surface area contributed by atoms with Gasteiger partial charge in [0, 0.05) is 32.9 Å². The number of hydrogen-bond acceptors (Lipinski definition) is 0. The number of aromatic nitrogens is 2. The molecule has 2 aromatic heterocycles. The van der Waals surface area contributed by atoms with Gasteiger partial charge in [-0.05, 0) is 140 Å². The molecule has 0 atom stereocenters. The Hall–Kier alpha value is -7.68. The molecule has 0 amide bonds. The van der Waals surface area contributed by atoms with Crippen molar-refractivity contribution in [2.24, 2.45) is 0 Å². The highest BCUT2D eigenvalue weighted by molar-refractivity contribution is 6.14. The third-order valence-corrected chi connectivity index (χ3v) is 12.1. The van der Waals surface area contributed by atoms with E-state index in [1.807, 2.05) is 0 Å². The maximum absolute atomic E-state index is 2.41. The zero-order valence-corrected chi connectivity index (χ0v) is 31.7. The third-order valence-electron chi connectivity index (χ3n) is 12.1. The van der Waals surface area contributed by atoms with E-state index in [9.17, 15) is 0 Å². The van der Waals surface area contributed by atoms with Crippen LogP contribution >= 0.6 is 0 Å². The lowest BCUT2D eigenvalue weighted by Crippen LogP contribution is -1.93. The summed E-state index contributed by atoms with van der Waals surface area (Å²) in [6.07, 6.45) is 0. The molecule has 0 N–H and O–H groups in total. The predicted octanol–water partition coefficient (Wildman–Crippen LogP) is 15.2. The van der Waals surface area contributed by atoms with Crippen LogP contribution in [0.25, 0.3) is 110 Å². The lowest BCUT2D eigenvalue weighted by Gasteiger charge is -2.09. The van der Waals surface area contributed by atoms with Gasteiger partial charge in [0.2, 0.25) is 0 Å². The first kappa shape index (κ1) is 32.6. The lowest BCUT2D eigenvalue weighted by atomic mass is 9.97. The Kier molecular flexibility index (Phi) is 7.26. The SMILES string of the molecule is c1ccc(-n2c3ccc(-c4ccc5ccccc5c4)cc3c3cc(-c4ccc5c(c4)c4cc(-c6ccc7ccccc7c6)ccc4n5-c4ccccc4)ccc32)cc1. The minimum absolute atomic E-state index is 1.16. The predicted molar refractivity (Wildman–Crippen MR) is 246 cm³/mol. The molecule has 0 fully saturated rings. The highest BCUT2D eigenvalue weighted by Gasteiger charge is 2.18. The smallest absolute Gasteiger partial charge is 0.0541 e. The number of fused-ring (bicyclic) bond motifs is 8. The Morgan fingerprint density at radius 3 is 0.828 bits per heavy atom. The summed E-state index contributed by atoms with van der Waals surface area (Å²) < 4.78 is 4.81. The van der Waals surface area contributed by atoms with Crippen LogP contribution in [0.4, 0.5) is 0 Å². The lowest BCUT2D eigenvalue weighted by molar-refractivity contribution is 1.18. The number of rotatable bonds is 5. The van der Waals surface area contributed by atoms with Crippen LogP contribution in [0.1, 0.15) is 0 Å². The van der Waals surface area contributed by atoms with Gasteiger partial charge in [0.25, 0.3) is 0 Å². The number of benzene rings is 10. The van der Waals surface area contributed by atoms with Gasteiger partial charge >= 0.3 is 0 Å². The van der Waals surface area contributed by atoms with E-state index in [-0.39, 0.29) is 0 Å². The van der Waals surface area contributed by atoms with Crippen molar-refractivity contribution in [3.8, 4) is 44.8 Å². The standard InChI is InChI=1S/C56H36N2/c1-3-15-47(16-4-1)57-53-27-23-43(41-21-19-37-11-7-9-13-39(37)31-41)33-49(53)51-35-45(25-29-55(51)57)46-26-30-56-52(36-46)50-34-44(42-22-20-38-12-8-10-14-40(38)32-42)24-28-54(50)58(56)48-17-5-2-6-18-48/h1-36H. The van der Waals surface area contributed by atoms with Crippen LogP contribution in [-0.2, 0) is 0 Å². The molecule has 0 unspecified atom stereocenters. The Morgan fingerprint density at radius 1 is 0.207 bits per heavy atom. The molecule has 12 rings (SSSR count).